The van der Waals surface area contributed by atoms with Crippen LogP contribution >= 0.6 is 11.3 Å². The zero-order valence-electron chi connectivity index (χ0n) is 9.01. The number of carbonyl (C=O) groups excluding carboxylic acids is 1. The first-order chi connectivity index (χ1) is 7.75. The SMILES string of the molecule is Cc1cnc(C(C)NC(=O)C(F)(F)C(F)F)s1. The van der Waals surface area contributed by atoms with Crippen LogP contribution in [0.25, 0.3) is 0 Å². The van der Waals surface area contributed by atoms with E-state index in [1.54, 1.807) is 6.92 Å². The number of aromatic nitrogens is 1. The van der Waals surface area contributed by atoms with Crippen LogP contribution in [0.15, 0.2) is 6.20 Å². The number of amides is 1. The van der Waals surface area contributed by atoms with Crippen molar-refractivity contribution in [2.45, 2.75) is 32.2 Å². The van der Waals surface area contributed by atoms with Gasteiger partial charge in [0.25, 0.3) is 5.91 Å². The van der Waals surface area contributed by atoms with E-state index >= 15 is 0 Å². The highest BCUT2D eigenvalue weighted by molar-refractivity contribution is 7.11. The van der Waals surface area contributed by atoms with Crippen LogP contribution in [0.2, 0.25) is 0 Å². The largest absolute Gasteiger partial charge is 0.383 e. The number of nitrogens with one attached hydrogen (secondary N) is 1. The molecule has 96 valence electrons. The fourth-order valence-electron chi connectivity index (χ4n) is 1.03. The van der Waals surface area contributed by atoms with E-state index in [1.807, 2.05) is 5.32 Å². The highest BCUT2D eigenvalue weighted by atomic mass is 32.1. The number of halogens is 4. The van der Waals surface area contributed by atoms with Gasteiger partial charge in [-0.2, -0.15) is 8.78 Å². The summed E-state index contributed by atoms with van der Waals surface area (Å²) in [5, 5.41) is 2.20. The summed E-state index contributed by atoms with van der Waals surface area (Å²) in [6.07, 6.45) is -2.51. The number of carbonyl (C=O) groups is 1. The van der Waals surface area contributed by atoms with E-state index in [-0.39, 0.29) is 0 Å². The molecule has 1 rings (SSSR count). The second-order valence-electron chi connectivity index (χ2n) is 3.43. The fourth-order valence-corrected chi connectivity index (χ4v) is 1.80. The minimum Gasteiger partial charge on any atom is -0.342 e. The lowest BCUT2D eigenvalue weighted by atomic mass is 10.3. The molecule has 0 aromatic carbocycles. The highest BCUT2D eigenvalue weighted by Crippen LogP contribution is 2.25. The van der Waals surface area contributed by atoms with Gasteiger partial charge in [0, 0.05) is 11.1 Å². The Bertz CT molecular complexity index is 407. The Morgan fingerprint density at radius 2 is 2.12 bits per heavy atom. The van der Waals surface area contributed by atoms with Crippen LogP contribution in [0.4, 0.5) is 17.6 Å². The predicted octanol–water partition coefficient (Wildman–Crippen LogP) is 2.53. The number of rotatable bonds is 4. The molecule has 0 spiro atoms. The fraction of sp³-hybridized carbons (Fsp3) is 0.556. The van der Waals surface area contributed by atoms with Crippen molar-refractivity contribution in [3.8, 4) is 0 Å². The topological polar surface area (TPSA) is 42.0 Å². The molecule has 1 unspecified atom stereocenters. The van der Waals surface area contributed by atoms with Crippen molar-refractivity contribution in [1.29, 1.82) is 0 Å². The maximum absolute atomic E-state index is 12.6. The molecule has 17 heavy (non-hydrogen) atoms. The molecule has 1 amide bonds. The average Bonchev–Trinajstić information content (AvgIpc) is 2.64. The smallest absolute Gasteiger partial charge is 0.342 e. The second-order valence-corrected chi connectivity index (χ2v) is 4.69. The third-order valence-corrected chi connectivity index (χ3v) is 3.03. The maximum atomic E-state index is 12.6. The van der Waals surface area contributed by atoms with Crippen LogP contribution in [0.5, 0.6) is 0 Å². The molecule has 0 bridgehead atoms. The molecule has 1 atom stereocenters. The molecular weight excluding hydrogens is 260 g/mol. The van der Waals surface area contributed by atoms with Crippen molar-refractivity contribution >= 4 is 17.2 Å². The van der Waals surface area contributed by atoms with E-state index in [9.17, 15) is 22.4 Å². The molecule has 1 aromatic heterocycles. The van der Waals surface area contributed by atoms with Gasteiger partial charge in [-0.25, -0.2) is 13.8 Å². The number of alkyl halides is 4. The van der Waals surface area contributed by atoms with Gasteiger partial charge >= 0.3 is 12.3 Å². The van der Waals surface area contributed by atoms with E-state index in [2.05, 4.69) is 4.98 Å². The number of thiazole rings is 1. The number of nitrogens with zero attached hydrogens (tertiary/aromatic N) is 1. The van der Waals surface area contributed by atoms with Crippen molar-refractivity contribution in [3.63, 3.8) is 0 Å². The first-order valence-corrected chi connectivity index (χ1v) is 5.46. The molecule has 1 aromatic rings. The Hall–Kier alpha value is -1.18. The Labute approximate surface area is 98.9 Å². The molecule has 0 aliphatic carbocycles. The summed E-state index contributed by atoms with van der Waals surface area (Å²) in [6, 6.07) is -0.828. The van der Waals surface area contributed by atoms with Crippen LogP contribution in [-0.2, 0) is 4.79 Å². The third-order valence-electron chi connectivity index (χ3n) is 1.93. The van der Waals surface area contributed by atoms with Gasteiger partial charge in [-0.15, -0.1) is 11.3 Å². The van der Waals surface area contributed by atoms with Gasteiger partial charge in [0.2, 0.25) is 0 Å². The summed E-state index contributed by atoms with van der Waals surface area (Å²) in [6.45, 7) is 3.15. The van der Waals surface area contributed by atoms with Crippen LogP contribution in [0.3, 0.4) is 0 Å². The van der Waals surface area contributed by atoms with Crippen LogP contribution in [0, 0.1) is 6.92 Å². The van der Waals surface area contributed by atoms with Gasteiger partial charge in [-0.3, -0.25) is 4.79 Å². The standard InChI is InChI=1S/C9H10F4N2OS/c1-4-3-14-6(17-4)5(2)15-8(16)9(12,13)7(10)11/h3,5,7H,1-2H3,(H,15,16). The average molecular weight is 270 g/mol. The molecule has 0 fully saturated rings. The minimum atomic E-state index is -4.68. The number of hydrogen-bond donors (Lipinski definition) is 1. The van der Waals surface area contributed by atoms with Crippen molar-refractivity contribution in [2.24, 2.45) is 0 Å². The molecular formula is C9H10F4N2OS. The van der Waals surface area contributed by atoms with E-state index < -0.39 is 24.3 Å². The van der Waals surface area contributed by atoms with Gasteiger partial charge in [0.1, 0.15) is 5.01 Å². The summed E-state index contributed by atoms with van der Waals surface area (Å²) in [5.74, 6) is -6.67. The highest BCUT2D eigenvalue weighted by Gasteiger charge is 2.49. The number of hydrogen-bond acceptors (Lipinski definition) is 3. The summed E-state index contributed by atoms with van der Waals surface area (Å²) in [7, 11) is 0. The molecule has 0 radical (unpaired) electrons. The van der Waals surface area contributed by atoms with Crippen molar-refractivity contribution < 1.29 is 22.4 Å². The van der Waals surface area contributed by atoms with Crippen LogP contribution in [-0.4, -0.2) is 23.2 Å². The quantitative estimate of drug-likeness (QED) is 0.854. The Balaban J connectivity index is 2.69. The zero-order chi connectivity index (χ0) is 13.2. The van der Waals surface area contributed by atoms with E-state index in [1.165, 1.54) is 24.5 Å². The van der Waals surface area contributed by atoms with Gasteiger partial charge in [0.05, 0.1) is 6.04 Å². The zero-order valence-corrected chi connectivity index (χ0v) is 9.82. The van der Waals surface area contributed by atoms with E-state index in [4.69, 9.17) is 0 Å². The minimum absolute atomic E-state index is 0.390. The van der Waals surface area contributed by atoms with Crippen molar-refractivity contribution in [1.82, 2.24) is 10.3 Å². The van der Waals surface area contributed by atoms with Crippen LogP contribution < -0.4 is 5.32 Å². The first kappa shape index (κ1) is 13.9. The molecule has 0 aliphatic rings. The monoisotopic (exact) mass is 270 g/mol. The van der Waals surface area contributed by atoms with E-state index in [0.717, 1.165) is 4.88 Å². The summed E-state index contributed by atoms with van der Waals surface area (Å²) < 4.78 is 49.1. The summed E-state index contributed by atoms with van der Waals surface area (Å²) in [5.41, 5.74) is 0. The summed E-state index contributed by atoms with van der Waals surface area (Å²) in [4.78, 5) is 15.6. The lowest BCUT2D eigenvalue weighted by Crippen LogP contribution is -2.45. The normalized spacial score (nSPS) is 13.8. The summed E-state index contributed by atoms with van der Waals surface area (Å²) >= 11 is 1.20. The van der Waals surface area contributed by atoms with Crippen molar-refractivity contribution in [3.05, 3.63) is 16.1 Å². The molecule has 1 heterocycles. The lowest BCUT2D eigenvalue weighted by molar-refractivity contribution is -0.170. The van der Waals surface area contributed by atoms with Crippen molar-refractivity contribution in [2.75, 3.05) is 0 Å². The second kappa shape index (κ2) is 4.99. The Morgan fingerprint density at radius 3 is 2.53 bits per heavy atom. The molecule has 0 aliphatic heterocycles. The molecule has 0 saturated carbocycles. The Kier molecular flexibility index (Phi) is 4.07. The van der Waals surface area contributed by atoms with Gasteiger partial charge in [-0.05, 0) is 13.8 Å². The molecule has 3 nitrogen and oxygen atoms in total. The molecule has 0 saturated heterocycles. The maximum Gasteiger partial charge on any atom is 0.383 e. The van der Waals surface area contributed by atoms with Crippen LogP contribution in [0.1, 0.15) is 22.9 Å². The molecule has 8 heteroatoms. The van der Waals surface area contributed by atoms with Gasteiger partial charge < -0.3 is 5.32 Å². The van der Waals surface area contributed by atoms with Gasteiger partial charge in [-0.1, -0.05) is 0 Å². The molecule has 1 N–H and O–H groups in total. The predicted molar refractivity (Wildman–Crippen MR) is 54.4 cm³/mol. The first-order valence-electron chi connectivity index (χ1n) is 4.64. The van der Waals surface area contributed by atoms with E-state index in [0.29, 0.717) is 5.01 Å². The third kappa shape index (κ3) is 3.15. The van der Waals surface area contributed by atoms with Gasteiger partial charge in [0.15, 0.2) is 0 Å². The lowest BCUT2D eigenvalue weighted by Gasteiger charge is -2.17. The Morgan fingerprint density at radius 1 is 1.53 bits per heavy atom. The number of aryl methyl sites for hydroxylation is 1.